The lowest BCUT2D eigenvalue weighted by atomic mass is 10.1. The molecule has 1 aliphatic rings. The molecule has 0 bridgehead atoms. The predicted octanol–water partition coefficient (Wildman–Crippen LogP) is -0.375. The van der Waals surface area contributed by atoms with Crippen LogP contribution in [0.3, 0.4) is 0 Å². The first-order valence-electron chi connectivity index (χ1n) is 3.17. The van der Waals surface area contributed by atoms with Gasteiger partial charge in [0.2, 0.25) is 5.91 Å². The number of carbonyl (C=O) groups excluding carboxylic acids is 1. The molecule has 0 aromatic heterocycles. The van der Waals surface area contributed by atoms with Gasteiger partial charge in [0, 0.05) is 6.54 Å². The summed E-state index contributed by atoms with van der Waals surface area (Å²) in [5.74, 6) is -0.594. The van der Waals surface area contributed by atoms with Crippen LogP contribution in [0.15, 0.2) is 11.5 Å². The fraction of sp³-hybridized carbons (Fsp3) is 0.500. The van der Waals surface area contributed by atoms with E-state index in [4.69, 9.17) is 10.8 Å². The SMILES string of the molecule is NC(=O)C1=C(O)NCCC1. The maximum absolute atomic E-state index is 10.5. The van der Waals surface area contributed by atoms with E-state index in [9.17, 15) is 4.79 Å². The minimum absolute atomic E-state index is 0.0567. The molecule has 1 aliphatic heterocycles. The molecule has 0 saturated heterocycles. The van der Waals surface area contributed by atoms with Crippen LogP contribution in [0.2, 0.25) is 0 Å². The van der Waals surface area contributed by atoms with Gasteiger partial charge in [-0.15, -0.1) is 0 Å². The summed E-state index contributed by atoms with van der Waals surface area (Å²) in [6.07, 6.45) is 1.43. The summed E-state index contributed by atoms with van der Waals surface area (Å²) in [5, 5.41) is 11.7. The van der Waals surface area contributed by atoms with Gasteiger partial charge < -0.3 is 16.2 Å². The second kappa shape index (κ2) is 2.60. The Labute approximate surface area is 58.7 Å². The normalized spacial score (nSPS) is 18.4. The Kier molecular flexibility index (Phi) is 1.80. The molecule has 1 rings (SSSR count). The lowest BCUT2D eigenvalue weighted by Crippen LogP contribution is -2.27. The first-order valence-corrected chi connectivity index (χ1v) is 3.17. The van der Waals surface area contributed by atoms with Gasteiger partial charge in [0.05, 0.1) is 5.57 Å². The number of amides is 1. The summed E-state index contributed by atoms with van der Waals surface area (Å²) in [6, 6.07) is 0. The number of nitrogens with two attached hydrogens (primary N) is 1. The third kappa shape index (κ3) is 1.21. The second-order valence-corrected chi connectivity index (χ2v) is 2.22. The van der Waals surface area contributed by atoms with Crippen LogP contribution in [0, 0.1) is 0 Å². The first-order chi connectivity index (χ1) is 4.72. The average molecular weight is 142 g/mol. The molecule has 10 heavy (non-hydrogen) atoms. The van der Waals surface area contributed by atoms with Gasteiger partial charge in [0.1, 0.15) is 0 Å². The van der Waals surface area contributed by atoms with E-state index in [0.29, 0.717) is 18.5 Å². The van der Waals surface area contributed by atoms with Crippen molar-refractivity contribution in [1.29, 1.82) is 0 Å². The van der Waals surface area contributed by atoms with E-state index in [2.05, 4.69) is 5.32 Å². The Morgan fingerprint density at radius 3 is 2.80 bits per heavy atom. The van der Waals surface area contributed by atoms with E-state index in [1.807, 2.05) is 0 Å². The fourth-order valence-electron chi connectivity index (χ4n) is 0.937. The zero-order valence-electron chi connectivity index (χ0n) is 5.55. The number of nitrogens with one attached hydrogen (secondary N) is 1. The Balaban J connectivity index is 2.78. The number of rotatable bonds is 1. The second-order valence-electron chi connectivity index (χ2n) is 2.22. The molecule has 0 atom stereocenters. The van der Waals surface area contributed by atoms with Gasteiger partial charge in [-0.25, -0.2) is 0 Å². The van der Waals surface area contributed by atoms with Crippen molar-refractivity contribution in [3.05, 3.63) is 11.5 Å². The van der Waals surface area contributed by atoms with Crippen molar-refractivity contribution in [2.24, 2.45) is 5.73 Å². The van der Waals surface area contributed by atoms with Crippen molar-refractivity contribution >= 4 is 5.91 Å². The molecule has 0 unspecified atom stereocenters. The molecule has 56 valence electrons. The third-order valence-electron chi connectivity index (χ3n) is 1.48. The summed E-state index contributed by atoms with van der Waals surface area (Å²) in [6.45, 7) is 0.711. The third-order valence-corrected chi connectivity index (χ3v) is 1.48. The highest BCUT2D eigenvalue weighted by Crippen LogP contribution is 2.11. The van der Waals surface area contributed by atoms with E-state index in [1.54, 1.807) is 0 Å². The molecule has 0 aromatic carbocycles. The molecular formula is C6H10N2O2. The van der Waals surface area contributed by atoms with E-state index in [-0.39, 0.29) is 5.88 Å². The monoisotopic (exact) mass is 142 g/mol. The van der Waals surface area contributed by atoms with Crippen molar-refractivity contribution < 1.29 is 9.90 Å². The van der Waals surface area contributed by atoms with Gasteiger partial charge in [0.15, 0.2) is 5.88 Å². The molecule has 1 amide bonds. The minimum atomic E-state index is -0.537. The van der Waals surface area contributed by atoms with Gasteiger partial charge in [-0.05, 0) is 12.8 Å². The van der Waals surface area contributed by atoms with E-state index in [0.717, 1.165) is 6.42 Å². The maximum Gasteiger partial charge on any atom is 0.249 e. The molecule has 4 N–H and O–H groups in total. The Morgan fingerprint density at radius 1 is 1.70 bits per heavy atom. The fourth-order valence-corrected chi connectivity index (χ4v) is 0.937. The molecular weight excluding hydrogens is 132 g/mol. The summed E-state index contributed by atoms with van der Waals surface area (Å²) < 4.78 is 0. The molecule has 0 aromatic rings. The number of aliphatic hydroxyl groups is 1. The van der Waals surface area contributed by atoms with E-state index < -0.39 is 5.91 Å². The highest BCUT2D eigenvalue weighted by molar-refractivity contribution is 5.92. The highest BCUT2D eigenvalue weighted by atomic mass is 16.3. The number of hydrogen-bond donors (Lipinski definition) is 3. The lowest BCUT2D eigenvalue weighted by molar-refractivity contribution is -0.115. The Hall–Kier alpha value is -1.19. The van der Waals surface area contributed by atoms with Crippen molar-refractivity contribution in [2.75, 3.05) is 6.54 Å². The largest absolute Gasteiger partial charge is 0.494 e. The van der Waals surface area contributed by atoms with Crippen LogP contribution in [0.1, 0.15) is 12.8 Å². The van der Waals surface area contributed by atoms with Crippen LogP contribution >= 0.6 is 0 Å². The highest BCUT2D eigenvalue weighted by Gasteiger charge is 2.14. The topological polar surface area (TPSA) is 75.4 Å². The van der Waals surface area contributed by atoms with Gasteiger partial charge in [-0.1, -0.05) is 0 Å². The van der Waals surface area contributed by atoms with Crippen molar-refractivity contribution in [3.63, 3.8) is 0 Å². The van der Waals surface area contributed by atoms with Crippen molar-refractivity contribution in [2.45, 2.75) is 12.8 Å². The standard InChI is InChI=1S/C6H10N2O2/c7-5(9)4-2-1-3-8-6(4)10/h8,10H,1-3H2,(H2,7,9). The molecule has 4 nitrogen and oxygen atoms in total. The molecule has 4 heteroatoms. The summed E-state index contributed by atoms with van der Waals surface area (Å²) in [7, 11) is 0. The van der Waals surface area contributed by atoms with Crippen LogP contribution in [-0.4, -0.2) is 17.6 Å². The Bertz CT molecular complexity index is 186. The predicted molar refractivity (Wildman–Crippen MR) is 36.1 cm³/mol. The zero-order valence-corrected chi connectivity index (χ0v) is 5.55. The van der Waals surface area contributed by atoms with Crippen LogP contribution in [0.25, 0.3) is 0 Å². The first kappa shape index (κ1) is 6.92. The Morgan fingerprint density at radius 2 is 2.40 bits per heavy atom. The zero-order chi connectivity index (χ0) is 7.56. The average Bonchev–Trinajstić information content (AvgIpc) is 1.88. The molecule has 0 aliphatic carbocycles. The van der Waals surface area contributed by atoms with Crippen LogP contribution in [0.5, 0.6) is 0 Å². The molecule has 0 saturated carbocycles. The maximum atomic E-state index is 10.5. The summed E-state index contributed by atoms with van der Waals surface area (Å²) in [4.78, 5) is 10.5. The van der Waals surface area contributed by atoms with Crippen LogP contribution in [0.4, 0.5) is 0 Å². The number of primary amides is 1. The van der Waals surface area contributed by atoms with Gasteiger partial charge in [-0.3, -0.25) is 4.79 Å². The van der Waals surface area contributed by atoms with E-state index >= 15 is 0 Å². The minimum Gasteiger partial charge on any atom is -0.494 e. The quantitative estimate of drug-likeness (QED) is 0.467. The van der Waals surface area contributed by atoms with Gasteiger partial charge in [-0.2, -0.15) is 0 Å². The van der Waals surface area contributed by atoms with Crippen molar-refractivity contribution in [1.82, 2.24) is 5.32 Å². The summed E-state index contributed by atoms with van der Waals surface area (Å²) in [5.41, 5.74) is 5.27. The van der Waals surface area contributed by atoms with Crippen molar-refractivity contribution in [3.8, 4) is 0 Å². The number of aliphatic hydroxyl groups excluding tert-OH is 1. The molecule has 0 spiro atoms. The smallest absolute Gasteiger partial charge is 0.249 e. The lowest BCUT2D eigenvalue weighted by Gasteiger charge is -2.14. The summed E-state index contributed by atoms with van der Waals surface area (Å²) >= 11 is 0. The molecule has 1 heterocycles. The molecule has 0 fully saturated rings. The number of hydrogen-bond acceptors (Lipinski definition) is 3. The molecule has 0 radical (unpaired) electrons. The van der Waals surface area contributed by atoms with Crippen LogP contribution < -0.4 is 11.1 Å². The van der Waals surface area contributed by atoms with Crippen LogP contribution in [-0.2, 0) is 4.79 Å². The van der Waals surface area contributed by atoms with Gasteiger partial charge in [0.25, 0.3) is 0 Å². The number of carbonyl (C=O) groups is 1. The van der Waals surface area contributed by atoms with E-state index in [1.165, 1.54) is 0 Å². The van der Waals surface area contributed by atoms with Gasteiger partial charge >= 0.3 is 0 Å².